The van der Waals surface area contributed by atoms with Crippen molar-refractivity contribution in [2.24, 2.45) is 0 Å². The predicted molar refractivity (Wildman–Crippen MR) is 73.7 cm³/mol. The van der Waals surface area contributed by atoms with Crippen LogP contribution in [0.1, 0.15) is 52.9 Å². The van der Waals surface area contributed by atoms with E-state index in [1.807, 2.05) is 0 Å². The Morgan fingerprint density at radius 2 is 1.89 bits per heavy atom. The molecule has 0 radical (unpaired) electrons. The molecular weight excluding hydrogens is 226 g/mol. The Kier molecular flexibility index (Phi) is 3.99. The van der Waals surface area contributed by atoms with Gasteiger partial charge >= 0.3 is 0 Å². The first kappa shape index (κ1) is 13.1. The summed E-state index contributed by atoms with van der Waals surface area (Å²) >= 11 is 0. The van der Waals surface area contributed by atoms with Gasteiger partial charge in [0.15, 0.2) is 5.82 Å². The van der Waals surface area contributed by atoms with Gasteiger partial charge in [-0.1, -0.05) is 19.3 Å². The Labute approximate surface area is 109 Å². The number of anilines is 2. The summed E-state index contributed by atoms with van der Waals surface area (Å²) in [6.07, 6.45) is 8.02. The highest BCUT2D eigenvalue weighted by Crippen LogP contribution is 2.20. The van der Waals surface area contributed by atoms with Crippen molar-refractivity contribution in [2.45, 2.75) is 64.5 Å². The van der Waals surface area contributed by atoms with Crippen LogP contribution in [0.3, 0.4) is 0 Å². The third-order valence-corrected chi connectivity index (χ3v) is 3.00. The van der Waals surface area contributed by atoms with Gasteiger partial charge in [-0.15, -0.1) is 5.10 Å². The third-order valence-electron chi connectivity index (χ3n) is 3.00. The predicted octanol–water partition coefficient (Wildman–Crippen LogP) is 2.83. The highest BCUT2D eigenvalue weighted by atomic mass is 15.3. The highest BCUT2D eigenvalue weighted by molar-refractivity contribution is 5.39. The van der Waals surface area contributed by atoms with Crippen LogP contribution < -0.4 is 10.6 Å². The zero-order chi connectivity index (χ0) is 13.0. The fourth-order valence-electron chi connectivity index (χ4n) is 2.24. The molecule has 1 aliphatic rings. The molecule has 100 valence electrons. The van der Waals surface area contributed by atoms with E-state index in [1.54, 1.807) is 6.20 Å². The molecule has 0 aromatic carbocycles. The maximum Gasteiger partial charge on any atom is 0.244 e. The molecule has 1 fully saturated rings. The second-order valence-electron chi connectivity index (χ2n) is 6.02. The molecule has 1 aromatic heterocycles. The molecule has 0 spiro atoms. The summed E-state index contributed by atoms with van der Waals surface area (Å²) in [5.41, 5.74) is -0.0157. The fourth-order valence-corrected chi connectivity index (χ4v) is 2.24. The van der Waals surface area contributed by atoms with Gasteiger partial charge in [0.25, 0.3) is 0 Å². The van der Waals surface area contributed by atoms with Crippen LogP contribution in [0.25, 0.3) is 0 Å². The van der Waals surface area contributed by atoms with Crippen LogP contribution in [0.4, 0.5) is 11.8 Å². The molecule has 0 saturated heterocycles. The van der Waals surface area contributed by atoms with Gasteiger partial charge < -0.3 is 10.6 Å². The summed E-state index contributed by atoms with van der Waals surface area (Å²) < 4.78 is 0. The van der Waals surface area contributed by atoms with Crippen LogP contribution in [0.15, 0.2) is 6.20 Å². The number of hydrogen-bond acceptors (Lipinski definition) is 5. The van der Waals surface area contributed by atoms with Crippen LogP contribution in [-0.4, -0.2) is 26.8 Å². The van der Waals surface area contributed by atoms with Crippen LogP contribution in [-0.2, 0) is 0 Å². The first-order valence-corrected chi connectivity index (χ1v) is 6.77. The summed E-state index contributed by atoms with van der Waals surface area (Å²) in [6, 6.07) is 0.505. The van der Waals surface area contributed by atoms with Crippen molar-refractivity contribution >= 4 is 11.8 Å². The smallest absolute Gasteiger partial charge is 0.244 e. The van der Waals surface area contributed by atoms with Crippen molar-refractivity contribution in [3.8, 4) is 0 Å². The van der Waals surface area contributed by atoms with Crippen molar-refractivity contribution < 1.29 is 0 Å². The number of rotatable bonds is 3. The molecule has 2 rings (SSSR count). The quantitative estimate of drug-likeness (QED) is 0.862. The van der Waals surface area contributed by atoms with Gasteiger partial charge in [0, 0.05) is 11.6 Å². The van der Waals surface area contributed by atoms with Gasteiger partial charge in [0.2, 0.25) is 5.95 Å². The van der Waals surface area contributed by atoms with Crippen molar-refractivity contribution in [3.63, 3.8) is 0 Å². The fraction of sp³-hybridized carbons (Fsp3) is 0.769. The highest BCUT2D eigenvalue weighted by Gasteiger charge is 2.15. The van der Waals surface area contributed by atoms with E-state index in [0.717, 1.165) is 5.82 Å². The largest absolute Gasteiger partial charge is 0.364 e. The van der Waals surface area contributed by atoms with Gasteiger partial charge in [-0.05, 0) is 33.6 Å². The van der Waals surface area contributed by atoms with Crippen LogP contribution in [0, 0.1) is 0 Å². The minimum Gasteiger partial charge on any atom is -0.364 e. The molecule has 1 heterocycles. The Morgan fingerprint density at radius 3 is 2.56 bits per heavy atom. The molecule has 5 heteroatoms. The van der Waals surface area contributed by atoms with Crippen molar-refractivity contribution in [3.05, 3.63) is 6.20 Å². The number of nitrogens with one attached hydrogen (secondary N) is 2. The summed E-state index contributed by atoms with van der Waals surface area (Å²) in [4.78, 5) is 4.46. The van der Waals surface area contributed by atoms with E-state index in [-0.39, 0.29) is 5.54 Å². The average Bonchev–Trinajstić information content (AvgIpc) is 2.28. The lowest BCUT2D eigenvalue weighted by Crippen LogP contribution is -2.28. The lowest BCUT2D eigenvalue weighted by Gasteiger charge is -2.23. The lowest BCUT2D eigenvalue weighted by atomic mass is 9.96. The van der Waals surface area contributed by atoms with Gasteiger partial charge in [0.05, 0.1) is 6.20 Å². The Balaban J connectivity index is 1.98. The third kappa shape index (κ3) is 4.13. The Morgan fingerprint density at radius 1 is 1.17 bits per heavy atom. The molecule has 0 amide bonds. The van der Waals surface area contributed by atoms with Gasteiger partial charge in [-0.25, -0.2) is 0 Å². The minimum atomic E-state index is -0.0157. The van der Waals surface area contributed by atoms with E-state index in [0.29, 0.717) is 12.0 Å². The zero-order valence-electron chi connectivity index (χ0n) is 11.5. The summed E-state index contributed by atoms with van der Waals surface area (Å²) in [5.74, 6) is 1.41. The maximum atomic E-state index is 4.46. The van der Waals surface area contributed by atoms with E-state index in [2.05, 4.69) is 46.6 Å². The number of hydrogen-bond donors (Lipinski definition) is 2. The molecule has 0 atom stereocenters. The normalized spacial score (nSPS) is 17.5. The van der Waals surface area contributed by atoms with Crippen LogP contribution in [0.2, 0.25) is 0 Å². The summed E-state index contributed by atoms with van der Waals surface area (Å²) in [6.45, 7) is 6.30. The van der Waals surface area contributed by atoms with Gasteiger partial charge in [0.1, 0.15) is 0 Å². The maximum absolute atomic E-state index is 4.46. The first-order valence-electron chi connectivity index (χ1n) is 6.77. The van der Waals surface area contributed by atoms with Gasteiger partial charge in [-0.3, -0.25) is 0 Å². The molecule has 0 aliphatic heterocycles. The molecular formula is C13H23N5. The van der Waals surface area contributed by atoms with E-state index >= 15 is 0 Å². The molecule has 2 N–H and O–H groups in total. The number of aromatic nitrogens is 3. The van der Waals surface area contributed by atoms with E-state index in [1.165, 1.54) is 32.1 Å². The summed E-state index contributed by atoms with van der Waals surface area (Å²) in [5, 5.41) is 14.7. The van der Waals surface area contributed by atoms with Gasteiger partial charge in [-0.2, -0.15) is 10.1 Å². The van der Waals surface area contributed by atoms with Crippen molar-refractivity contribution in [1.29, 1.82) is 0 Å². The van der Waals surface area contributed by atoms with Crippen LogP contribution in [0.5, 0.6) is 0 Å². The average molecular weight is 249 g/mol. The van der Waals surface area contributed by atoms with E-state index in [9.17, 15) is 0 Å². The van der Waals surface area contributed by atoms with Crippen molar-refractivity contribution in [2.75, 3.05) is 10.6 Å². The molecule has 1 aliphatic carbocycles. The molecule has 5 nitrogen and oxygen atoms in total. The second-order valence-corrected chi connectivity index (χ2v) is 6.02. The molecule has 1 aromatic rings. The zero-order valence-corrected chi connectivity index (χ0v) is 11.5. The van der Waals surface area contributed by atoms with Crippen LogP contribution >= 0.6 is 0 Å². The molecule has 18 heavy (non-hydrogen) atoms. The Hall–Kier alpha value is -1.39. The standard InChI is InChI=1S/C13H23N5/c1-13(2,3)17-11-9-14-18-12(16-11)15-10-7-5-4-6-8-10/h9-10H,4-8H2,1-3H3,(H2,15,16,17,18). The second kappa shape index (κ2) is 5.50. The Bertz CT molecular complexity index is 379. The first-order chi connectivity index (χ1) is 8.53. The van der Waals surface area contributed by atoms with Crippen molar-refractivity contribution in [1.82, 2.24) is 15.2 Å². The summed E-state index contributed by atoms with van der Waals surface area (Å²) in [7, 11) is 0. The molecule has 1 saturated carbocycles. The number of nitrogens with zero attached hydrogens (tertiary/aromatic N) is 3. The SMILES string of the molecule is CC(C)(C)Nc1cnnc(NC2CCCCC2)n1. The minimum absolute atomic E-state index is 0.0157. The lowest BCUT2D eigenvalue weighted by molar-refractivity contribution is 0.460. The monoisotopic (exact) mass is 249 g/mol. The van der Waals surface area contributed by atoms with E-state index in [4.69, 9.17) is 0 Å². The topological polar surface area (TPSA) is 62.7 Å². The molecule has 0 bridgehead atoms. The van der Waals surface area contributed by atoms with E-state index < -0.39 is 0 Å². The molecule has 0 unspecified atom stereocenters.